The molecule has 1 aliphatic rings. The van der Waals surface area contributed by atoms with Crippen molar-refractivity contribution in [1.29, 1.82) is 0 Å². The summed E-state index contributed by atoms with van der Waals surface area (Å²) >= 11 is 1.14. The zero-order chi connectivity index (χ0) is 14.5. The Hall–Kier alpha value is -1.25. The van der Waals surface area contributed by atoms with Crippen LogP contribution in [0, 0.1) is 5.82 Å². The summed E-state index contributed by atoms with van der Waals surface area (Å²) in [7, 11) is 1.50. The van der Waals surface area contributed by atoms with Crippen molar-refractivity contribution in [2.45, 2.75) is 11.7 Å². The van der Waals surface area contributed by atoms with E-state index in [1.807, 2.05) is 0 Å². The maximum Gasteiger partial charge on any atom is 0.237 e. The van der Waals surface area contributed by atoms with E-state index >= 15 is 0 Å². The number of carbonyl (C=O) groups excluding carboxylic acids is 1. The summed E-state index contributed by atoms with van der Waals surface area (Å²) in [6.45, 7) is -0.0209. The molecule has 0 spiro atoms. The van der Waals surface area contributed by atoms with E-state index in [2.05, 4.69) is 4.98 Å². The Labute approximate surface area is 122 Å². The maximum absolute atomic E-state index is 13.1. The Bertz CT molecular complexity index is 805. The number of hydrogen-bond donors (Lipinski definition) is 0. The number of hydrogen-bond acceptors (Lipinski definition) is 5. The van der Waals surface area contributed by atoms with Crippen LogP contribution in [0.4, 0.5) is 9.52 Å². The molecule has 0 bridgehead atoms. The van der Waals surface area contributed by atoms with Crippen LogP contribution in [0.3, 0.4) is 0 Å². The number of anilines is 1. The van der Waals surface area contributed by atoms with E-state index in [4.69, 9.17) is 10.7 Å². The molecule has 2 aromatic rings. The molecule has 0 aliphatic carbocycles. The third-order valence-corrected chi connectivity index (χ3v) is 5.97. The number of nitrogens with zero attached hydrogens (tertiary/aromatic N) is 2. The number of fused-ring (bicyclic) bond motifs is 1. The molecule has 0 saturated carbocycles. The summed E-state index contributed by atoms with van der Waals surface area (Å²) in [5.41, 5.74) is 0.566. The first-order valence-corrected chi connectivity index (χ1v) is 8.83. The second-order valence-electron chi connectivity index (χ2n) is 4.41. The molecule has 0 N–H and O–H groups in total. The van der Waals surface area contributed by atoms with Crippen molar-refractivity contribution in [2.75, 3.05) is 11.4 Å². The first-order valence-electron chi connectivity index (χ1n) is 5.64. The van der Waals surface area contributed by atoms with Gasteiger partial charge < -0.3 is 0 Å². The molecule has 1 fully saturated rings. The van der Waals surface area contributed by atoms with Gasteiger partial charge in [0, 0.05) is 23.6 Å². The molecule has 0 radical (unpaired) electrons. The largest absolute Gasteiger partial charge is 0.287 e. The Balaban J connectivity index is 1.97. The number of halogens is 2. The van der Waals surface area contributed by atoms with Crippen molar-refractivity contribution in [2.24, 2.45) is 0 Å². The lowest BCUT2D eigenvalue weighted by Crippen LogP contribution is -2.26. The number of thiazole rings is 1. The van der Waals surface area contributed by atoms with Gasteiger partial charge in [0.05, 0.1) is 10.2 Å². The highest BCUT2D eigenvalue weighted by Gasteiger charge is 2.39. The highest BCUT2D eigenvalue weighted by Crippen LogP contribution is 2.33. The van der Waals surface area contributed by atoms with E-state index in [1.165, 1.54) is 23.1 Å². The lowest BCUT2D eigenvalue weighted by atomic mass is 10.3. The summed E-state index contributed by atoms with van der Waals surface area (Å²) in [6, 6.07) is 4.12. The smallest absolute Gasteiger partial charge is 0.237 e. The summed E-state index contributed by atoms with van der Waals surface area (Å²) in [5, 5.41) is -0.571. The first-order chi connectivity index (χ1) is 9.34. The molecule has 1 aromatic heterocycles. The van der Waals surface area contributed by atoms with E-state index in [1.54, 1.807) is 0 Å². The van der Waals surface area contributed by atoms with Crippen molar-refractivity contribution in [3.63, 3.8) is 0 Å². The Morgan fingerprint density at radius 3 is 2.85 bits per heavy atom. The van der Waals surface area contributed by atoms with Crippen molar-refractivity contribution < 1.29 is 17.6 Å². The van der Waals surface area contributed by atoms with Gasteiger partial charge in [0.25, 0.3) is 0 Å². The van der Waals surface area contributed by atoms with Crippen molar-refractivity contribution in [1.82, 2.24) is 4.98 Å². The van der Waals surface area contributed by atoms with Crippen molar-refractivity contribution >= 4 is 52.3 Å². The van der Waals surface area contributed by atoms with Crippen LogP contribution in [-0.4, -0.2) is 31.1 Å². The third-order valence-electron chi connectivity index (χ3n) is 3.06. The molecule has 1 unspecified atom stereocenters. The maximum atomic E-state index is 13.1. The molecule has 1 aliphatic heterocycles. The van der Waals surface area contributed by atoms with Gasteiger partial charge in [-0.3, -0.25) is 9.69 Å². The molecular formula is C11H8ClFN2O3S2. The number of aromatic nitrogens is 1. The first kappa shape index (κ1) is 13.7. The van der Waals surface area contributed by atoms with Crippen LogP contribution >= 0.6 is 22.0 Å². The predicted molar refractivity (Wildman–Crippen MR) is 75.1 cm³/mol. The average molecular weight is 335 g/mol. The van der Waals surface area contributed by atoms with Gasteiger partial charge in [-0.2, -0.15) is 0 Å². The number of benzene rings is 1. The van der Waals surface area contributed by atoms with Gasteiger partial charge >= 0.3 is 0 Å². The van der Waals surface area contributed by atoms with Gasteiger partial charge in [-0.15, -0.1) is 0 Å². The summed E-state index contributed by atoms with van der Waals surface area (Å²) in [5.74, 6) is -0.736. The minimum Gasteiger partial charge on any atom is -0.287 e. The Morgan fingerprint density at radius 1 is 1.45 bits per heavy atom. The SMILES string of the molecule is O=C1CC(S(=O)(=O)Cl)CN1c1nc2ccc(F)cc2s1. The molecule has 1 amide bonds. The number of amides is 1. The highest BCUT2D eigenvalue weighted by atomic mass is 35.7. The zero-order valence-electron chi connectivity index (χ0n) is 9.92. The summed E-state index contributed by atoms with van der Waals surface area (Å²) in [6.07, 6.45) is -0.157. The average Bonchev–Trinajstić information content (AvgIpc) is 2.90. The van der Waals surface area contributed by atoms with Crippen LogP contribution in [0.1, 0.15) is 6.42 Å². The molecule has 1 atom stereocenters. The van der Waals surface area contributed by atoms with E-state index in [-0.39, 0.29) is 24.7 Å². The molecule has 3 rings (SSSR count). The van der Waals surface area contributed by atoms with Gasteiger partial charge in [-0.05, 0) is 18.2 Å². The molecule has 20 heavy (non-hydrogen) atoms. The molecule has 1 aromatic carbocycles. The van der Waals surface area contributed by atoms with Gasteiger partial charge in [0.1, 0.15) is 11.1 Å². The molecule has 1 saturated heterocycles. The van der Waals surface area contributed by atoms with Crippen molar-refractivity contribution in [3.8, 4) is 0 Å². The highest BCUT2D eigenvalue weighted by molar-refractivity contribution is 8.14. The standard InChI is InChI=1S/C11H8ClFN2O3S2/c12-20(17,18)7-4-10(16)15(5-7)11-14-8-2-1-6(13)3-9(8)19-11/h1-3,7H,4-5H2. The fraction of sp³-hybridized carbons (Fsp3) is 0.273. The minimum atomic E-state index is -3.79. The quantitative estimate of drug-likeness (QED) is 0.789. The van der Waals surface area contributed by atoms with Crippen LogP contribution < -0.4 is 4.90 Å². The van der Waals surface area contributed by atoms with Crippen LogP contribution in [0.15, 0.2) is 18.2 Å². The molecule has 5 nitrogen and oxygen atoms in total. The molecule has 2 heterocycles. The van der Waals surface area contributed by atoms with Crippen molar-refractivity contribution in [3.05, 3.63) is 24.0 Å². The van der Waals surface area contributed by atoms with Gasteiger partial charge in [-0.1, -0.05) is 11.3 Å². The van der Waals surface area contributed by atoms with Crippen LogP contribution in [0.2, 0.25) is 0 Å². The van der Waals surface area contributed by atoms with Crippen LogP contribution in [0.5, 0.6) is 0 Å². The minimum absolute atomic E-state index is 0.0209. The monoisotopic (exact) mass is 334 g/mol. The van der Waals surface area contributed by atoms with E-state index in [0.29, 0.717) is 15.3 Å². The zero-order valence-corrected chi connectivity index (χ0v) is 12.3. The van der Waals surface area contributed by atoms with Gasteiger partial charge in [0.2, 0.25) is 15.0 Å². The number of carbonyl (C=O) groups is 1. The second-order valence-corrected chi connectivity index (χ2v) is 8.33. The van der Waals surface area contributed by atoms with Gasteiger partial charge in [0.15, 0.2) is 5.13 Å². The summed E-state index contributed by atoms with van der Waals surface area (Å²) in [4.78, 5) is 17.4. The molecular weight excluding hydrogens is 327 g/mol. The Morgan fingerprint density at radius 2 is 2.20 bits per heavy atom. The van der Waals surface area contributed by atoms with Crippen LogP contribution in [-0.2, 0) is 13.8 Å². The molecule has 9 heteroatoms. The normalized spacial score (nSPS) is 20.0. The second kappa shape index (κ2) is 4.64. The lowest BCUT2D eigenvalue weighted by molar-refractivity contribution is -0.117. The number of rotatable bonds is 2. The third kappa shape index (κ3) is 2.38. The van der Waals surface area contributed by atoms with Crippen LogP contribution in [0.25, 0.3) is 10.2 Å². The fourth-order valence-electron chi connectivity index (χ4n) is 2.05. The topological polar surface area (TPSA) is 67.3 Å². The lowest BCUT2D eigenvalue weighted by Gasteiger charge is -2.11. The predicted octanol–water partition coefficient (Wildman–Crippen LogP) is 2.11. The van der Waals surface area contributed by atoms with E-state index in [0.717, 1.165) is 11.3 Å². The van der Waals surface area contributed by atoms with E-state index in [9.17, 15) is 17.6 Å². The summed E-state index contributed by atoms with van der Waals surface area (Å²) < 4.78 is 36.3. The fourth-order valence-corrected chi connectivity index (χ4v) is 4.09. The van der Waals surface area contributed by atoms with E-state index < -0.39 is 14.3 Å². The molecule has 106 valence electrons. The van der Waals surface area contributed by atoms with Gasteiger partial charge in [-0.25, -0.2) is 17.8 Å². The Kier molecular flexibility index (Phi) is 3.19.